The smallest absolute Gasteiger partial charge is 0.276 e. The van der Waals surface area contributed by atoms with Crippen LogP contribution in [0.15, 0.2) is 45.9 Å². The number of sulfonamides is 1. The number of carbonyl (C=O) groups excluding carboxylic acids is 1. The maximum atomic E-state index is 13.6. The molecule has 3 rings (SSSR count). The second-order valence-electron chi connectivity index (χ2n) is 6.25. The lowest BCUT2D eigenvalue weighted by molar-refractivity contribution is -0.115. The lowest BCUT2D eigenvalue weighted by Crippen LogP contribution is -2.27. The molecule has 0 saturated carbocycles. The zero-order chi connectivity index (χ0) is 19.4. The number of para-hydroxylation sites is 1. The van der Waals surface area contributed by atoms with E-state index in [4.69, 9.17) is 4.42 Å². The predicted molar refractivity (Wildman–Crippen MR) is 102 cm³/mol. The van der Waals surface area contributed by atoms with Crippen LogP contribution in [0.2, 0.25) is 0 Å². The van der Waals surface area contributed by atoms with Gasteiger partial charge in [0.05, 0.1) is 16.7 Å². The van der Waals surface area contributed by atoms with Crippen molar-refractivity contribution >= 4 is 33.4 Å². The normalized spacial score (nSPS) is 16.4. The highest BCUT2D eigenvalue weighted by molar-refractivity contribution is 7.99. The van der Waals surface area contributed by atoms with Gasteiger partial charge in [0, 0.05) is 13.1 Å². The first-order chi connectivity index (χ1) is 12.9. The first-order valence-corrected chi connectivity index (χ1v) is 11.1. The number of hydrogen-bond acceptors (Lipinski definition) is 5. The fourth-order valence-corrected chi connectivity index (χ4v) is 4.94. The second-order valence-corrected chi connectivity index (χ2v) is 9.45. The van der Waals surface area contributed by atoms with Crippen LogP contribution in [-0.4, -0.2) is 37.0 Å². The van der Waals surface area contributed by atoms with Gasteiger partial charge in [-0.05, 0) is 44.0 Å². The van der Waals surface area contributed by atoms with Gasteiger partial charge in [-0.3, -0.25) is 4.79 Å². The minimum absolute atomic E-state index is 0.0662. The van der Waals surface area contributed by atoms with Crippen LogP contribution in [0.4, 0.5) is 10.1 Å². The van der Waals surface area contributed by atoms with E-state index in [1.54, 1.807) is 25.1 Å². The van der Waals surface area contributed by atoms with E-state index in [0.29, 0.717) is 24.6 Å². The summed E-state index contributed by atoms with van der Waals surface area (Å²) in [7, 11) is -3.58. The summed E-state index contributed by atoms with van der Waals surface area (Å²) < 4.78 is 45.4. The van der Waals surface area contributed by atoms with Crippen molar-refractivity contribution in [1.82, 2.24) is 4.31 Å². The number of hydrogen-bond donors (Lipinski definition) is 1. The van der Waals surface area contributed by atoms with Crippen molar-refractivity contribution in [2.45, 2.75) is 35.9 Å². The molecule has 27 heavy (non-hydrogen) atoms. The average molecular weight is 413 g/mol. The molecule has 146 valence electrons. The Kier molecular flexibility index (Phi) is 6.23. The number of anilines is 1. The Morgan fingerprint density at radius 3 is 2.67 bits per heavy atom. The van der Waals surface area contributed by atoms with Crippen molar-refractivity contribution < 1.29 is 22.0 Å². The average Bonchev–Trinajstić information content (AvgIpc) is 3.34. The molecule has 0 aliphatic carbocycles. The van der Waals surface area contributed by atoms with Gasteiger partial charge in [-0.2, -0.15) is 4.31 Å². The van der Waals surface area contributed by atoms with Crippen molar-refractivity contribution in [2.75, 3.05) is 18.4 Å². The van der Waals surface area contributed by atoms with Gasteiger partial charge < -0.3 is 9.73 Å². The minimum Gasteiger partial charge on any atom is -0.447 e. The Balaban J connectivity index is 1.56. The Labute approximate surface area is 162 Å². The van der Waals surface area contributed by atoms with Gasteiger partial charge in [-0.1, -0.05) is 12.1 Å². The van der Waals surface area contributed by atoms with Crippen molar-refractivity contribution in [3.63, 3.8) is 0 Å². The summed E-state index contributed by atoms with van der Waals surface area (Å²) in [4.78, 5) is 12.2. The van der Waals surface area contributed by atoms with Gasteiger partial charge in [0.2, 0.25) is 11.0 Å². The van der Waals surface area contributed by atoms with Crippen molar-refractivity contribution in [2.24, 2.45) is 0 Å². The van der Waals surface area contributed by atoms with E-state index >= 15 is 0 Å². The molecule has 1 aromatic heterocycles. The Hall–Kier alpha value is -1.84. The van der Waals surface area contributed by atoms with Gasteiger partial charge in [0.1, 0.15) is 11.6 Å². The highest BCUT2D eigenvalue weighted by Crippen LogP contribution is 2.26. The summed E-state index contributed by atoms with van der Waals surface area (Å²) in [6.45, 7) is 2.73. The summed E-state index contributed by atoms with van der Waals surface area (Å²) >= 11 is 1.28. The third-order valence-corrected chi connectivity index (χ3v) is 7.21. The SMILES string of the molecule is CC(SCc1ccc(S(=O)(=O)N2CCCC2)o1)C(=O)Nc1ccccc1F. The lowest BCUT2D eigenvalue weighted by atomic mass is 10.3. The quantitative estimate of drug-likeness (QED) is 0.753. The third kappa shape index (κ3) is 4.72. The van der Waals surface area contributed by atoms with Crippen molar-refractivity contribution in [3.05, 3.63) is 48.0 Å². The molecular weight excluding hydrogens is 391 g/mol. The highest BCUT2D eigenvalue weighted by Gasteiger charge is 2.30. The number of benzene rings is 1. The summed E-state index contributed by atoms with van der Waals surface area (Å²) in [5, 5.41) is 2.01. The van der Waals surface area contributed by atoms with E-state index in [0.717, 1.165) is 12.8 Å². The topological polar surface area (TPSA) is 79.6 Å². The molecule has 6 nitrogen and oxygen atoms in total. The predicted octanol–water partition coefficient (Wildman–Crippen LogP) is 3.46. The van der Waals surface area contributed by atoms with Gasteiger partial charge in [0.15, 0.2) is 0 Å². The molecule has 1 amide bonds. The van der Waals surface area contributed by atoms with Crippen molar-refractivity contribution in [3.8, 4) is 0 Å². The summed E-state index contributed by atoms with van der Waals surface area (Å²) in [5.41, 5.74) is 0.131. The molecule has 2 aromatic rings. The zero-order valence-corrected chi connectivity index (χ0v) is 16.5. The van der Waals surface area contributed by atoms with Crippen LogP contribution in [0.3, 0.4) is 0 Å². The fourth-order valence-electron chi connectivity index (χ4n) is 2.71. The van der Waals surface area contributed by atoms with Crippen molar-refractivity contribution in [1.29, 1.82) is 0 Å². The molecule has 1 saturated heterocycles. The first-order valence-electron chi connectivity index (χ1n) is 8.64. The van der Waals surface area contributed by atoms with Gasteiger partial charge in [-0.25, -0.2) is 12.8 Å². The number of rotatable bonds is 7. The van der Waals surface area contributed by atoms with Crippen LogP contribution in [0.1, 0.15) is 25.5 Å². The second kappa shape index (κ2) is 8.45. The molecule has 9 heteroatoms. The molecule has 1 aliphatic heterocycles. The van der Waals surface area contributed by atoms with Crippen LogP contribution >= 0.6 is 11.8 Å². The maximum absolute atomic E-state index is 13.6. The molecule has 0 bridgehead atoms. The largest absolute Gasteiger partial charge is 0.447 e. The third-order valence-electron chi connectivity index (χ3n) is 4.27. The molecule has 0 radical (unpaired) electrons. The molecule has 1 aromatic carbocycles. The van der Waals surface area contributed by atoms with E-state index in [2.05, 4.69) is 5.32 Å². The number of nitrogens with zero attached hydrogens (tertiary/aromatic N) is 1. The molecule has 1 N–H and O–H groups in total. The fraction of sp³-hybridized carbons (Fsp3) is 0.389. The monoisotopic (exact) mass is 412 g/mol. The number of carbonyl (C=O) groups is 1. The van der Waals surface area contributed by atoms with E-state index in [1.807, 2.05) is 0 Å². The molecule has 1 atom stereocenters. The first kappa shape index (κ1) is 19.9. The number of nitrogens with one attached hydrogen (secondary N) is 1. The number of amides is 1. The van der Waals surface area contributed by atoms with E-state index in [9.17, 15) is 17.6 Å². The Bertz CT molecular complexity index is 908. The molecule has 2 heterocycles. The maximum Gasteiger partial charge on any atom is 0.276 e. The van der Waals surface area contributed by atoms with Crippen LogP contribution in [-0.2, 0) is 20.6 Å². The molecular formula is C18H21FN2O4S2. The number of thioether (sulfide) groups is 1. The zero-order valence-electron chi connectivity index (χ0n) is 14.9. The van der Waals surface area contributed by atoms with E-state index in [-0.39, 0.29) is 16.7 Å². The number of furan rings is 1. The molecule has 1 unspecified atom stereocenters. The van der Waals surface area contributed by atoms with Crippen LogP contribution in [0.5, 0.6) is 0 Å². The Morgan fingerprint density at radius 1 is 1.26 bits per heavy atom. The molecule has 1 aliphatic rings. The number of halogens is 1. The van der Waals surface area contributed by atoms with Crippen LogP contribution < -0.4 is 5.32 Å². The lowest BCUT2D eigenvalue weighted by Gasteiger charge is -2.13. The van der Waals surface area contributed by atoms with Gasteiger partial charge in [0.25, 0.3) is 10.0 Å². The summed E-state index contributed by atoms with van der Waals surface area (Å²) in [6, 6.07) is 9.02. The van der Waals surface area contributed by atoms with Crippen LogP contribution in [0, 0.1) is 5.82 Å². The molecule has 0 spiro atoms. The molecule has 1 fully saturated rings. The van der Waals surface area contributed by atoms with Gasteiger partial charge >= 0.3 is 0 Å². The van der Waals surface area contributed by atoms with Gasteiger partial charge in [-0.15, -0.1) is 11.8 Å². The highest BCUT2D eigenvalue weighted by atomic mass is 32.2. The summed E-state index contributed by atoms with van der Waals surface area (Å²) in [6.07, 6.45) is 1.72. The van der Waals surface area contributed by atoms with Crippen LogP contribution in [0.25, 0.3) is 0 Å². The van der Waals surface area contributed by atoms with E-state index < -0.39 is 21.1 Å². The standard InChI is InChI=1S/C18H21FN2O4S2/c1-13(18(22)20-16-7-3-2-6-15(16)19)26-12-14-8-9-17(25-14)27(23,24)21-10-4-5-11-21/h2-3,6-9,13H,4-5,10-12H2,1H3,(H,20,22). The Morgan fingerprint density at radius 2 is 1.96 bits per heavy atom. The van der Waals surface area contributed by atoms with E-state index in [1.165, 1.54) is 34.3 Å². The summed E-state index contributed by atoms with van der Waals surface area (Å²) in [5.74, 6) is -0.0165. The minimum atomic E-state index is -3.58.